The SMILES string of the molecule is C[C@@H]1CN(S(=O)(=O)c2ccc(CC(F)(F)F)cc2)CC[C@H]1O. The average molecular weight is 337 g/mol. The quantitative estimate of drug-likeness (QED) is 0.920. The average Bonchev–Trinajstić information content (AvgIpc) is 2.40. The van der Waals surface area contributed by atoms with Crippen LogP contribution in [-0.2, 0) is 16.4 Å². The molecule has 0 aromatic heterocycles. The third kappa shape index (κ3) is 3.99. The van der Waals surface area contributed by atoms with E-state index in [-0.39, 0.29) is 29.5 Å². The molecule has 0 amide bonds. The molecule has 1 aromatic rings. The van der Waals surface area contributed by atoms with Crippen molar-refractivity contribution in [1.29, 1.82) is 0 Å². The molecule has 1 saturated heterocycles. The first kappa shape index (κ1) is 17.2. The van der Waals surface area contributed by atoms with E-state index in [1.165, 1.54) is 28.6 Å². The zero-order chi connectivity index (χ0) is 16.5. The van der Waals surface area contributed by atoms with Crippen molar-refractivity contribution in [3.8, 4) is 0 Å². The third-order valence-corrected chi connectivity index (χ3v) is 5.67. The minimum absolute atomic E-state index is 0.0221. The molecule has 2 atom stereocenters. The molecule has 8 heteroatoms. The van der Waals surface area contributed by atoms with Gasteiger partial charge in [-0.3, -0.25) is 0 Å². The van der Waals surface area contributed by atoms with Crippen molar-refractivity contribution in [3.05, 3.63) is 29.8 Å². The molecule has 1 N–H and O–H groups in total. The molecule has 0 saturated carbocycles. The van der Waals surface area contributed by atoms with Crippen molar-refractivity contribution in [3.63, 3.8) is 0 Å². The van der Waals surface area contributed by atoms with Gasteiger partial charge in [0.2, 0.25) is 10.0 Å². The zero-order valence-electron chi connectivity index (χ0n) is 12.0. The maximum atomic E-state index is 12.5. The predicted octanol–water partition coefficient (Wildman–Crippen LogP) is 2.18. The largest absolute Gasteiger partial charge is 0.393 e. The van der Waals surface area contributed by atoms with E-state index in [1.807, 2.05) is 0 Å². The number of hydrogen-bond acceptors (Lipinski definition) is 3. The second-order valence-electron chi connectivity index (χ2n) is 5.63. The van der Waals surface area contributed by atoms with E-state index in [4.69, 9.17) is 0 Å². The Morgan fingerprint density at radius 2 is 1.86 bits per heavy atom. The molecule has 0 bridgehead atoms. The maximum absolute atomic E-state index is 12.5. The van der Waals surface area contributed by atoms with Crippen molar-refractivity contribution in [2.24, 2.45) is 5.92 Å². The van der Waals surface area contributed by atoms with Gasteiger partial charge in [-0.25, -0.2) is 8.42 Å². The minimum atomic E-state index is -4.32. The molecule has 4 nitrogen and oxygen atoms in total. The summed E-state index contributed by atoms with van der Waals surface area (Å²) in [5.74, 6) is -0.173. The van der Waals surface area contributed by atoms with E-state index in [2.05, 4.69) is 0 Å². The standard InChI is InChI=1S/C14H18F3NO3S/c1-10-9-18(7-6-13(10)19)22(20,21)12-4-2-11(3-5-12)8-14(15,16)17/h2-5,10,13,19H,6-9H2,1H3/t10-,13-/m1/s1. The Morgan fingerprint density at radius 3 is 2.36 bits per heavy atom. The van der Waals surface area contributed by atoms with Crippen LogP contribution in [0.3, 0.4) is 0 Å². The molecule has 0 radical (unpaired) electrons. The Morgan fingerprint density at radius 1 is 1.27 bits per heavy atom. The Balaban J connectivity index is 2.16. The van der Waals surface area contributed by atoms with E-state index in [9.17, 15) is 26.7 Å². The van der Waals surface area contributed by atoms with Crippen LogP contribution in [0.4, 0.5) is 13.2 Å². The van der Waals surface area contributed by atoms with Crippen molar-refractivity contribution in [2.45, 2.75) is 36.9 Å². The highest BCUT2D eigenvalue weighted by atomic mass is 32.2. The minimum Gasteiger partial charge on any atom is -0.393 e. The molecule has 1 heterocycles. The number of alkyl halides is 3. The van der Waals surface area contributed by atoms with Gasteiger partial charge in [0.1, 0.15) is 0 Å². The molecule has 1 aromatic carbocycles. The molecule has 0 spiro atoms. The Labute approximate surface area is 127 Å². The summed E-state index contributed by atoms with van der Waals surface area (Å²) >= 11 is 0. The predicted molar refractivity (Wildman–Crippen MR) is 74.7 cm³/mol. The highest BCUT2D eigenvalue weighted by Crippen LogP contribution is 2.26. The van der Waals surface area contributed by atoms with E-state index >= 15 is 0 Å². The first-order chi connectivity index (χ1) is 10.1. The Kier molecular flexibility index (Phi) is 4.84. The van der Waals surface area contributed by atoms with E-state index in [0.717, 1.165) is 0 Å². The van der Waals surface area contributed by atoms with Crippen molar-refractivity contribution in [2.75, 3.05) is 13.1 Å². The molecule has 22 heavy (non-hydrogen) atoms. The van der Waals surface area contributed by atoms with Crippen LogP contribution in [0.5, 0.6) is 0 Å². The van der Waals surface area contributed by atoms with Gasteiger partial charge in [-0.1, -0.05) is 19.1 Å². The summed E-state index contributed by atoms with van der Waals surface area (Å²) < 4.78 is 63.1. The number of hydrogen-bond donors (Lipinski definition) is 1. The second-order valence-corrected chi connectivity index (χ2v) is 7.57. The van der Waals surface area contributed by atoms with Gasteiger partial charge in [-0.05, 0) is 30.0 Å². The van der Waals surface area contributed by atoms with Gasteiger partial charge in [0.15, 0.2) is 0 Å². The molecular weight excluding hydrogens is 319 g/mol. The lowest BCUT2D eigenvalue weighted by Gasteiger charge is -2.33. The van der Waals surface area contributed by atoms with Crippen LogP contribution in [0.2, 0.25) is 0 Å². The lowest BCUT2D eigenvalue weighted by atomic mass is 9.99. The van der Waals surface area contributed by atoms with E-state index < -0.39 is 28.7 Å². The van der Waals surface area contributed by atoms with Crippen LogP contribution in [0.15, 0.2) is 29.2 Å². The summed E-state index contributed by atoms with van der Waals surface area (Å²) in [7, 11) is -3.74. The number of nitrogens with zero attached hydrogens (tertiary/aromatic N) is 1. The van der Waals surface area contributed by atoms with Gasteiger partial charge in [-0.2, -0.15) is 17.5 Å². The van der Waals surface area contributed by atoms with Gasteiger partial charge < -0.3 is 5.11 Å². The van der Waals surface area contributed by atoms with Crippen LogP contribution in [0, 0.1) is 5.92 Å². The van der Waals surface area contributed by atoms with Gasteiger partial charge >= 0.3 is 6.18 Å². The Bertz CT molecular complexity index is 613. The van der Waals surface area contributed by atoms with Crippen LogP contribution >= 0.6 is 0 Å². The molecule has 124 valence electrons. The second kappa shape index (κ2) is 6.17. The molecule has 1 aliphatic rings. The fraction of sp³-hybridized carbons (Fsp3) is 0.571. The van der Waals surface area contributed by atoms with E-state index in [0.29, 0.717) is 6.42 Å². The highest BCUT2D eigenvalue weighted by Gasteiger charge is 2.33. The number of benzene rings is 1. The lowest BCUT2D eigenvalue weighted by Crippen LogP contribution is -2.44. The highest BCUT2D eigenvalue weighted by molar-refractivity contribution is 7.89. The number of aliphatic hydroxyl groups excluding tert-OH is 1. The van der Waals surface area contributed by atoms with Gasteiger partial charge in [-0.15, -0.1) is 0 Å². The number of piperidine rings is 1. The van der Waals surface area contributed by atoms with Crippen LogP contribution < -0.4 is 0 Å². The van der Waals surface area contributed by atoms with Crippen LogP contribution in [-0.4, -0.2) is 43.2 Å². The normalized spacial score (nSPS) is 24.4. The topological polar surface area (TPSA) is 57.6 Å². The number of rotatable bonds is 3. The number of halogens is 3. The monoisotopic (exact) mass is 337 g/mol. The van der Waals surface area contributed by atoms with Crippen molar-refractivity contribution < 1.29 is 26.7 Å². The summed E-state index contributed by atoms with van der Waals surface area (Å²) in [6, 6.07) is 4.77. The van der Waals surface area contributed by atoms with Crippen molar-refractivity contribution in [1.82, 2.24) is 4.31 Å². The molecule has 2 rings (SSSR count). The fourth-order valence-corrected chi connectivity index (χ4v) is 4.03. The summed E-state index contributed by atoms with van der Waals surface area (Å²) in [4.78, 5) is -0.0259. The first-order valence-electron chi connectivity index (χ1n) is 6.93. The van der Waals surface area contributed by atoms with Gasteiger partial charge in [0.05, 0.1) is 17.4 Å². The smallest absolute Gasteiger partial charge is 0.393 e. The lowest BCUT2D eigenvalue weighted by molar-refractivity contribution is -0.127. The van der Waals surface area contributed by atoms with Crippen molar-refractivity contribution >= 4 is 10.0 Å². The maximum Gasteiger partial charge on any atom is 0.393 e. The zero-order valence-corrected chi connectivity index (χ0v) is 12.9. The number of aliphatic hydroxyl groups is 1. The summed E-state index contributed by atoms with van der Waals surface area (Å²) in [5.41, 5.74) is 0.0221. The fourth-order valence-electron chi connectivity index (χ4n) is 2.47. The number of sulfonamides is 1. The summed E-state index contributed by atoms with van der Waals surface area (Å²) in [5, 5.41) is 9.65. The van der Waals surface area contributed by atoms with Crippen LogP contribution in [0.1, 0.15) is 18.9 Å². The van der Waals surface area contributed by atoms with Crippen LogP contribution in [0.25, 0.3) is 0 Å². The van der Waals surface area contributed by atoms with Gasteiger partial charge in [0, 0.05) is 13.1 Å². The summed E-state index contributed by atoms with van der Waals surface area (Å²) in [6.07, 6.45) is -5.58. The Hall–Kier alpha value is -1.12. The first-order valence-corrected chi connectivity index (χ1v) is 8.37. The van der Waals surface area contributed by atoms with E-state index in [1.54, 1.807) is 6.92 Å². The van der Waals surface area contributed by atoms with Gasteiger partial charge in [0.25, 0.3) is 0 Å². The molecule has 0 aliphatic carbocycles. The molecule has 0 unspecified atom stereocenters. The third-order valence-electron chi connectivity index (χ3n) is 3.79. The summed E-state index contributed by atoms with van der Waals surface area (Å²) in [6.45, 7) is 2.17. The molecular formula is C14H18F3NO3S. The molecule has 1 aliphatic heterocycles. The molecule has 1 fully saturated rings.